The number of rotatable bonds is 4. The molecule has 0 fully saturated rings. The maximum absolute atomic E-state index is 11.0. The van der Waals surface area contributed by atoms with Crippen molar-refractivity contribution in [1.82, 2.24) is 5.16 Å². The Labute approximate surface area is 127 Å². The van der Waals surface area contributed by atoms with Gasteiger partial charge in [-0.15, -0.1) is 0 Å². The summed E-state index contributed by atoms with van der Waals surface area (Å²) in [4.78, 5) is 11.0. The molecule has 21 heavy (non-hydrogen) atoms. The molecule has 0 aliphatic rings. The molecule has 3 rings (SSSR count). The average molecular weight is 298 g/mol. The Hall–Kier alpha value is -2.39. The van der Waals surface area contributed by atoms with E-state index in [0.717, 1.165) is 23.0 Å². The van der Waals surface area contributed by atoms with E-state index in [4.69, 9.17) is 16.1 Å². The summed E-state index contributed by atoms with van der Waals surface area (Å²) in [6.07, 6.45) is 1.12. The van der Waals surface area contributed by atoms with Gasteiger partial charge in [0.2, 0.25) is 0 Å². The van der Waals surface area contributed by atoms with Gasteiger partial charge in [0.25, 0.3) is 0 Å². The Morgan fingerprint density at radius 3 is 2.38 bits per heavy atom. The standard InChI is InChI=1S/C17H12ClNO2/c18-14-8-6-12(7-9-14)16-15(10-11-20)17(21-19-16)13-4-2-1-3-5-13/h1-9,11H,10H2. The van der Waals surface area contributed by atoms with Gasteiger partial charge in [0.05, 0.1) is 0 Å². The maximum Gasteiger partial charge on any atom is 0.171 e. The van der Waals surface area contributed by atoms with Crippen molar-refractivity contribution >= 4 is 17.9 Å². The van der Waals surface area contributed by atoms with Crippen LogP contribution in [0.5, 0.6) is 0 Å². The van der Waals surface area contributed by atoms with Gasteiger partial charge >= 0.3 is 0 Å². The van der Waals surface area contributed by atoms with Crippen LogP contribution < -0.4 is 0 Å². The van der Waals surface area contributed by atoms with Gasteiger partial charge in [-0.05, 0) is 12.1 Å². The van der Waals surface area contributed by atoms with E-state index < -0.39 is 0 Å². The maximum atomic E-state index is 11.0. The smallest absolute Gasteiger partial charge is 0.171 e. The molecule has 3 nitrogen and oxygen atoms in total. The number of carbonyl (C=O) groups excluding carboxylic acids is 1. The third-order valence-electron chi connectivity index (χ3n) is 3.23. The minimum Gasteiger partial charge on any atom is -0.355 e. The Balaban J connectivity index is 2.12. The minimum atomic E-state index is 0.256. The lowest BCUT2D eigenvalue weighted by Crippen LogP contribution is -1.91. The van der Waals surface area contributed by atoms with Crippen molar-refractivity contribution in [2.24, 2.45) is 0 Å². The molecule has 0 bridgehead atoms. The van der Waals surface area contributed by atoms with Crippen LogP contribution in [-0.2, 0) is 11.2 Å². The Morgan fingerprint density at radius 2 is 1.71 bits per heavy atom. The fraction of sp³-hybridized carbons (Fsp3) is 0.0588. The van der Waals surface area contributed by atoms with Crippen LogP contribution in [0.25, 0.3) is 22.6 Å². The lowest BCUT2D eigenvalue weighted by Gasteiger charge is -2.01. The number of hydrogen-bond acceptors (Lipinski definition) is 3. The van der Waals surface area contributed by atoms with Crippen LogP contribution in [0.15, 0.2) is 59.1 Å². The predicted molar refractivity (Wildman–Crippen MR) is 82.2 cm³/mol. The lowest BCUT2D eigenvalue weighted by atomic mass is 10.0. The molecule has 0 unspecified atom stereocenters. The molecule has 1 aromatic heterocycles. The molecule has 0 aliphatic carbocycles. The zero-order chi connectivity index (χ0) is 14.7. The van der Waals surface area contributed by atoms with E-state index in [1.54, 1.807) is 12.1 Å². The molecule has 1 heterocycles. The third-order valence-corrected chi connectivity index (χ3v) is 3.48. The molecule has 0 atom stereocenters. The predicted octanol–water partition coefficient (Wildman–Crippen LogP) is 4.40. The third kappa shape index (κ3) is 2.73. The summed E-state index contributed by atoms with van der Waals surface area (Å²) >= 11 is 5.90. The fourth-order valence-corrected chi connectivity index (χ4v) is 2.36. The second kappa shape index (κ2) is 5.94. The number of aldehydes is 1. The van der Waals surface area contributed by atoms with E-state index in [9.17, 15) is 4.79 Å². The molecule has 0 aliphatic heterocycles. The van der Waals surface area contributed by atoms with Crippen molar-refractivity contribution in [3.05, 3.63) is 65.2 Å². The van der Waals surface area contributed by atoms with Crippen LogP contribution in [0, 0.1) is 0 Å². The van der Waals surface area contributed by atoms with Crippen molar-refractivity contribution in [3.8, 4) is 22.6 Å². The molecule has 2 aromatic carbocycles. The normalized spacial score (nSPS) is 10.5. The van der Waals surface area contributed by atoms with Crippen molar-refractivity contribution in [3.63, 3.8) is 0 Å². The van der Waals surface area contributed by atoms with Gasteiger partial charge < -0.3 is 9.32 Å². The zero-order valence-electron chi connectivity index (χ0n) is 11.1. The SMILES string of the molecule is O=CCc1c(-c2ccc(Cl)cc2)noc1-c1ccccc1. The summed E-state index contributed by atoms with van der Waals surface area (Å²) < 4.78 is 5.48. The number of aromatic nitrogens is 1. The number of carbonyl (C=O) groups is 1. The van der Waals surface area contributed by atoms with Crippen LogP contribution in [-0.4, -0.2) is 11.4 Å². The molecule has 104 valence electrons. The average Bonchev–Trinajstić information content (AvgIpc) is 2.93. The number of benzene rings is 2. The van der Waals surface area contributed by atoms with E-state index in [0.29, 0.717) is 16.5 Å². The van der Waals surface area contributed by atoms with Crippen molar-refractivity contribution < 1.29 is 9.32 Å². The highest BCUT2D eigenvalue weighted by atomic mass is 35.5. The fourth-order valence-electron chi connectivity index (χ4n) is 2.23. The number of halogens is 1. The Kier molecular flexibility index (Phi) is 3.84. The van der Waals surface area contributed by atoms with E-state index in [2.05, 4.69) is 5.16 Å². The topological polar surface area (TPSA) is 43.1 Å². The quantitative estimate of drug-likeness (QED) is 0.670. The molecule has 0 saturated heterocycles. The van der Waals surface area contributed by atoms with Gasteiger partial charge in [-0.3, -0.25) is 0 Å². The van der Waals surface area contributed by atoms with Crippen LogP contribution in [0.2, 0.25) is 5.02 Å². The van der Waals surface area contributed by atoms with Gasteiger partial charge in [-0.25, -0.2) is 0 Å². The summed E-state index contributed by atoms with van der Waals surface area (Å²) in [7, 11) is 0. The van der Waals surface area contributed by atoms with Gasteiger partial charge in [0.1, 0.15) is 12.0 Å². The van der Waals surface area contributed by atoms with Gasteiger partial charge in [-0.2, -0.15) is 0 Å². The molecule has 0 saturated carbocycles. The highest BCUT2D eigenvalue weighted by Gasteiger charge is 2.18. The molecule has 0 N–H and O–H groups in total. The molecular weight excluding hydrogens is 286 g/mol. The molecular formula is C17H12ClNO2. The molecule has 0 amide bonds. The van der Waals surface area contributed by atoms with Crippen molar-refractivity contribution in [1.29, 1.82) is 0 Å². The summed E-state index contributed by atoms with van der Waals surface area (Å²) in [6.45, 7) is 0. The Bertz CT molecular complexity index is 748. The van der Waals surface area contributed by atoms with Crippen molar-refractivity contribution in [2.45, 2.75) is 6.42 Å². The van der Waals surface area contributed by atoms with E-state index in [1.807, 2.05) is 42.5 Å². The van der Waals surface area contributed by atoms with Gasteiger partial charge in [0.15, 0.2) is 5.76 Å². The summed E-state index contributed by atoms with van der Waals surface area (Å²) in [6, 6.07) is 16.9. The first-order valence-corrected chi connectivity index (χ1v) is 6.91. The van der Waals surface area contributed by atoms with E-state index in [1.165, 1.54) is 0 Å². The number of nitrogens with zero attached hydrogens (tertiary/aromatic N) is 1. The second-order valence-corrected chi connectivity index (χ2v) is 5.02. The highest BCUT2D eigenvalue weighted by Crippen LogP contribution is 2.32. The largest absolute Gasteiger partial charge is 0.355 e. The highest BCUT2D eigenvalue weighted by molar-refractivity contribution is 6.30. The second-order valence-electron chi connectivity index (χ2n) is 4.58. The van der Waals surface area contributed by atoms with E-state index >= 15 is 0 Å². The zero-order valence-corrected chi connectivity index (χ0v) is 11.9. The van der Waals surface area contributed by atoms with Crippen LogP contribution in [0.4, 0.5) is 0 Å². The van der Waals surface area contributed by atoms with Crippen LogP contribution >= 0.6 is 11.6 Å². The summed E-state index contributed by atoms with van der Waals surface area (Å²) in [5.41, 5.74) is 3.25. The number of hydrogen-bond donors (Lipinski definition) is 0. The lowest BCUT2D eigenvalue weighted by molar-refractivity contribution is -0.107. The minimum absolute atomic E-state index is 0.256. The first kappa shape index (κ1) is 13.6. The summed E-state index contributed by atoms with van der Waals surface area (Å²) in [5.74, 6) is 0.632. The monoisotopic (exact) mass is 297 g/mol. The van der Waals surface area contributed by atoms with Crippen molar-refractivity contribution in [2.75, 3.05) is 0 Å². The van der Waals surface area contributed by atoms with E-state index in [-0.39, 0.29) is 6.42 Å². The first-order chi connectivity index (χ1) is 10.3. The molecule has 4 heteroatoms. The summed E-state index contributed by atoms with van der Waals surface area (Å²) in [5, 5.41) is 4.79. The molecule has 3 aromatic rings. The van der Waals surface area contributed by atoms with Crippen LogP contribution in [0.3, 0.4) is 0 Å². The molecule has 0 spiro atoms. The van der Waals surface area contributed by atoms with Crippen LogP contribution in [0.1, 0.15) is 5.56 Å². The van der Waals surface area contributed by atoms with Gasteiger partial charge in [-0.1, -0.05) is 59.2 Å². The van der Waals surface area contributed by atoms with Gasteiger partial charge in [0, 0.05) is 28.1 Å². The Morgan fingerprint density at radius 1 is 1.00 bits per heavy atom. The molecule has 0 radical (unpaired) electrons. The first-order valence-electron chi connectivity index (χ1n) is 6.53.